The summed E-state index contributed by atoms with van der Waals surface area (Å²) >= 11 is 12.4. The highest BCUT2D eigenvalue weighted by Gasteiger charge is 2.39. The van der Waals surface area contributed by atoms with Gasteiger partial charge in [0.1, 0.15) is 34.3 Å². The number of para-hydroxylation sites is 2. The van der Waals surface area contributed by atoms with Crippen molar-refractivity contribution in [2.24, 2.45) is 14.1 Å². The lowest BCUT2D eigenvalue weighted by molar-refractivity contribution is -0.238. The number of rotatable bonds is 18. The Morgan fingerprint density at radius 2 is 0.911 bits per heavy atom. The van der Waals surface area contributed by atoms with E-state index in [9.17, 15) is 33.7 Å². The summed E-state index contributed by atoms with van der Waals surface area (Å²) in [5, 5.41) is 27.5. The molecule has 10 rings (SSSR count). The Hall–Kier alpha value is -6.89. The number of sulfone groups is 2. The average Bonchev–Trinajstić information content (AvgIpc) is 1.56. The summed E-state index contributed by atoms with van der Waals surface area (Å²) in [5.74, 6) is 1.11. The molecule has 484 valence electrons. The number of methoxy groups -OCH3 is 2. The van der Waals surface area contributed by atoms with Crippen molar-refractivity contribution in [1.82, 2.24) is 49.1 Å². The van der Waals surface area contributed by atoms with E-state index < -0.39 is 68.1 Å². The van der Waals surface area contributed by atoms with Gasteiger partial charge in [0, 0.05) is 77.0 Å². The molecule has 2 aliphatic rings. The third-order valence-electron chi connectivity index (χ3n) is 14.7. The molecule has 2 atom stereocenters. The van der Waals surface area contributed by atoms with Crippen molar-refractivity contribution in [3.63, 3.8) is 0 Å². The van der Waals surface area contributed by atoms with Gasteiger partial charge in [-0.15, -0.1) is 20.4 Å². The smallest absolute Gasteiger partial charge is 0.246 e. The average molecular weight is 1390 g/mol. The SMILES string of the molecule is CCS(=O)(=O)N(CC[Si](C)(C)C)c1nnc2n1-c1c(OC)cccc1OO[C@@H](c1ccc(Cl)cc1S(C)(=O)=O)c1cc-2nn1C.CCS(=O)(=O)N(CC[Si](C)(C)C)c1nnc2n1-c1c(OC)cccc1OO[C@H](c1ccc(Cl)cc1S(C)(=O)=O)c1cc-2nn1C. The van der Waals surface area contributed by atoms with Crippen LogP contribution in [0.2, 0.25) is 61.4 Å². The number of hydrogen-bond donors (Lipinski definition) is 0. The van der Waals surface area contributed by atoms with Crippen LogP contribution in [0.4, 0.5) is 11.9 Å². The van der Waals surface area contributed by atoms with E-state index in [0.29, 0.717) is 46.4 Å². The van der Waals surface area contributed by atoms with Crippen LogP contribution < -0.4 is 27.9 Å². The Bertz CT molecular complexity index is 4230. The van der Waals surface area contributed by atoms with Gasteiger partial charge in [-0.25, -0.2) is 42.3 Å². The van der Waals surface area contributed by atoms with E-state index in [4.69, 9.17) is 52.2 Å². The van der Waals surface area contributed by atoms with E-state index in [1.165, 1.54) is 44.3 Å². The van der Waals surface area contributed by atoms with Gasteiger partial charge in [-0.2, -0.15) is 20.0 Å². The Morgan fingerprint density at radius 3 is 1.23 bits per heavy atom. The maximum Gasteiger partial charge on any atom is 0.246 e. The minimum atomic E-state index is -3.80. The molecule has 34 heteroatoms. The van der Waals surface area contributed by atoms with Crippen LogP contribution in [-0.4, -0.2) is 150 Å². The first-order valence-electron chi connectivity index (χ1n) is 28.1. The molecule has 0 amide bonds. The summed E-state index contributed by atoms with van der Waals surface area (Å²) in [6.45, 7) is 16.5. The molecule has 0 fully saturated rings. The molecule has 2 aliphatic heterocycles. The zero-order chi connectivity index (χ0) is 65.8. The molecule has 0 aliphatic carbocycles. The largest absolute Gasteiger partial charge is 0.494 e. The second-order valence-electron chi connectivity index (χ2n) is 23.7. The van der Waals surface area contributed by atoms with Crippen LogP contribution in [0, 0.1) is 0 Å². The molecule has 6 heterocycles. The maximum atomic E-state index is 13.6. The second kappa shape index (κ2) is 25.7. The van der Waals surface area contributed by atoms with Gasteiger partial charge in [-0.1, -0.05) is 86.7 Å². The monoisotopic (exact) mass is 1390 g/mol. The highest BCUT2D eigenvalue weighted by molar-refractivity contribution is 7.93. The molecule has 0 saturated heterocycles. The fourth-order valence-corrected chi connectivity index (χ4v) is 16.5. The number of nitrogens with zero attached hydrogens (tertiary/aromatic N) is 12. The number of hydrogen-bond acceptors (Lipinski definition) is 20. The predicted molar refractivity (Wildman–Crippen MR) is 346 cm³/mol. The molecular formula is C56H70Cl2N12O14S4Si2. The first kappa shape index (κ1) is 67.5. The van der Waals surface area contributed by atoms with E-state index >= 15 is 0 Å². The standard InChI is InChI=1S/2C28H35ClN6O7S2Si/c2*1-8-44(38,39)34(14-15-45(5,6)7)28-31-30-27-20-17-21(33(2)32-20)26(19-13-12-18(29)16-24(19)43(4,36)37)42-41-23-11-9-10-22(40-3)25(23)35(27)28/h2*9-13,16-17,26H,8,14-15H2,1-7H3/t2*26-/m10/s1. The van der Waals surface area contributed by atoms with Crippen molar-refractivity contribution in [2.45, 2.75) is 87.2 Å². The second-order valence-corrected chi connectivity index (χ2v) is 44.1. The van der Waals surface area contributed by atoms with Crippen LogP contribution in [-0.2, 0) is 63.6 Å². The molecule has 4 aromatic carbocycles. The molecule has 0 unspecified atom stereocenters. The zero-order valence-electron chi connectivity index (χ0n) is 52.0. The molecule has 26 nitrogen and oxygen atoms in total. The molecule has 0 spiro atoms. The number of fused-ring (bicyclic) bond motifs is 12. The number of ether oxygens (including phenoxy) is 2. The summed E-state index contributed by atoms with van der Waals surface area (Å²) in [7, 11) is -12.2. The van der Waals surface area contributed by atoms with Gasteiger partial charge in [0.05, 0.1) is 46.9 Å². The van der Waals surface area contributed by atoms with Crippen molar-refractivity contribution in [3.8, 4) is 57.4 Å². The number of benzene rings is 4. The predicted octanol–water partition coefficient (Wildman–Crippen LogP) is 9.28. The van der Waals surface area contributed by atoms with Crippen LogP contribution in [0.1, 0.15) is 48.6 Å². The zero-order valence-corrected chi connectivity index (χ0v) is 58.7. The lowest BCUT2D eigenvalue weighted by Gasteiger charge is -2.27. The van der Waals surface area contributed by atoms with Crippen molar-refractivity contribution >= 4 is 91.0 Å². The fraction of sp³-hybridized carbons (Fsp3) is 0.393. The number of aryl methyl sites for hydroxylation is 2. The van der Waals surface area contributed by atoms with E-state index in [0.717, 1.165) is 12.5 Å². The molecule has 4 bridgehead atoms. The van der Waals surface area contributed by atoms with Crippen molar-refractivity contribution < 1.29 is 62.7 Å². The van der Waals surface area contributed by atoms with E-state index in [1.54, 1.807) is 110 Å². The number of aromatic nitrogens is 10. The van der Waals surface area contributed by atoms with Gasteiger partial charge in [0.25, 0.3) is 0 Å². The highest BCUT2D eigenvalue weighted by atomic mass is 35.5. The van der Waals surface area contributed by atoms with E-state index in [-0.39, 0.29) is 102 Å². The van der Waals surface area contributed by atoms with Crippen LogP contribution in [0.3, 0.4) is 0 Å². The van der Waals surface area contributed by atoms with Crippen molar-refractivity contribution in [1.29, 1.82) is 0 Å². The van der Waals surface area contributed by atoms with Gasteiger partial charge >= 0.3 is 0 Å². The quantitative estimate of drug-likeness (QED) is 0.0570. The van der Waals surface area contributed by atoms with E-state index in [1.807, 2.05) is 0 Å². The topological polar surface area (TPSA) is 295 Å². The van der Waals surface area contributed by atoms with Crippen molar-refractivity contribution in [2.75, 3.05) is 59.9 Å². The molecule has 4 aromatic heterocycles. The van der Waals surface area contributed by atoms with Crippen LogP contribution in [0.15, 0.2) is 94.7 Å². The Morgan fingerprint density at radius 1 is 0.544 bits per heavy atom. The Labute approximate surface area is 535 Å². The fourth-order valence-electron chi connectivity index (χ4n) is 9.93. The number of sulfonamides is 2. The molecule has 0 radical (unpaired) electrons. The summed E-state index contributed by atoms with van der Waals surface area (Å²) in [6, 6.07) is 23.6. The molecule has 8 aromatic rings. The molecule has 0 saturated carbocycles. The first-order chi connectivity index (χ1) is 42.1. The normalized spacial score (nSPS) is 15.2. The summed E-state index contributed by atoms with van der Waals surface area (Å²) < 4.78 is 126. The van der Waals surface area contributed by atoms with Gasteiger partial charge < -0.3 is 19.2 Å². The van der Waals surface area contributed by atoms with Gasteiger partial charge in [-0.3, -0.25) is 18.5 Å². The third kappa shape index (κ3) is 14.0. The Balaban J connectivity index is 0.000000213. The molecule has 0 N–H and O–H groups in total. The van der Waals surface area contributed by atoms with Gasteiger partial charge in [0.2, 0.25) is 31.9 Å². The van der Waals surface area contributed by atoms with Crippen molar-refractivity contribution in [3.05, 3.63) is 117 Å². The molecule has 90 heavy (non-hydrogen) atoms. The first-order valence-corrected chi connectivity index (χ1v) is 43.3. The summed E-state index contributed by atoms with van der Waals surface area (Å²) in [5.41, 5.74) is 2.59. The lowest BCUT2D eigenvalue weighted by atomic mass is 10.1. The summed E-state index contributed by atoms with van der Waals surface area (Å²) in [6.07, 6.45) is 0.000500. The van der Waals surface area contributed by atoms with Gasteiger partial charge in [0.15, 0.2) is 55.0 Å². The molecular weight excluding hydrogens is 1320 g/mol. The van der Waals surface area contributed by atoms with Gasteiger partial charge in [-0.05, 0) is 86.6 Å². The minimum absolute atomic E-state index is 0.0393. The highest BCUT2D eigenvalue weighted by Crippen LogP contribution is 2.45. The van der Waals surface area contributed by atoms with E-state index in [2.05, 4.69) is 69.9 Å². The van der Waals surface area contributed by atoms with Crippen LogP contribution in [0.5, 0.6) is 23.0 Å². The number of anilines is 2. The Kier molecular flexibility index (Phi) is 19.2. The third-order valence-corrected chi connectivity index (χ3v) is 24.4. The lowest BCUT2D eigenvalue weighted by Crippen LogP contribution is -2.38. The van der Waals surface area contributed by atoms with Crippen LogP contribution >= 0.6 is 23.2 Å². The van der Waals surface area contributed by atoms with Crippen LogP contribution in [0.25, 0.3) is 34.4 Å². The maximum absolute atomic E-state index is 13.6. The summed E-state index contributed by atoms with van der Waals surface area (Å²) in [4.78, 5) is 24.0. The minimum Gasteiger partial charge on any atom is -0.494 e. The number of halogens is 2.